The Hall–Kier alpha value is -2.56. The van der Waals surface area contributed by atoms with E-state index in [4.69, 9.17) is 4.74 Å². The summed E-state index contributed by atoms with van der Waals surface area (Å²) in [5.74, 6) is 0.129. The standard InChI is InChI=1S/C16H18N2O3/c1-11(2)21-14-9-5-4-8-13(14)17-15(19)12-7-6-10-18(3)16(12)20/h4-11H,1-3H3,(H,17,19). The van der Waals surface area contributed by atoms with Crippen molar-refractivity contribution in [3.8, 4) is 5.75 Å². The molecule has 0 unspecified atom stereocenters. The summed E-state index contributed by atoms with van der Waals surface area (Å²) < 4.78 is 7.00. The van der Waals surface area contributed by atoms with Gasteiger partial charge in [-0.25, -0.2) is 0 Å². The van der Waals surface area contributed by atoms with Crippen LogP contribution in [-0.4, -0.2) is 16.6 Å². The number of pyridine rings is 1. The van der Waals surface area contributed by atoms with Crippen LogP contribution in [0.25, 0.3) is 0 Å². The molecule has 0 saturated carbocycles. The van der Waals surface area contributed by atoms with Crippen molar-refractivity contribution in [2.24, 2.45) is 7.05 Å². The first-order valence-electron chi connectivity index (χ1n) is 6.71. The molecule has 5 heteroatoms. The average Bonchev–Trinajstić information content (AvgIpc) is 2.43. The molecule has 0 bridgehead atoms. The molecule has 0 aliphatic carbocycles. The maximum atomic E-state index is 12.2. The van der Waals surface area contributed by atoms with E-state index in [1.165, 1.54) is 10.6 Å². The van der Waals surface area contributed by atoms with Crippen LogP contribution in [0.3, 0.4) is 0 Å². The summed E-state index contributed by atoms with van der Waals surface area (Å²) >= 11 is 0. The minimum absolute atomic E-state index is 0.00681. The highest BCUT2D eigenvalue weighted by atomic mass is 16.5. The Labute approximate surface area is 123 Å². The minimum Gasteiger partial charge on any atom is -0.489 e. The van der Waals surface area contributed by atoms with Gasteiger partial charge in [0, 0.05) is 13.2 Å². The Balaban J connectivity index is 2.28. The van der Waals surface area contributed by atoms with Gasteiger partial charge in [0.2, 0.25) is 0 Å². The van der Waals surface area contributed by atoms with E-state index in [2.05, 4.69) is 5.32 Å². The Morgan fingerprint density at radius 3 is 2.62 bits per heavy atom. The second kappa shape index (κ2) is 6.26. The predicted octanol–water partition coefficient (Wildman–Crippen LogP) is 2.42. The summed E-state index contributed by atoms with van der Waals surface area (Å²) in [5, 5.41) is 2.72. The smallest absolute Gasteiger partial charge is 0.263 e. The Bertz CT molecular complexity index is 705. The van der Waals surface area contributed by atoms with Gasteiger partial charge in [-0.05, 0) is 38.1 Å². The highest BCUT2D eigenvalue weighted by molar-refractivity contribution is 6.04. The van der Waals surface area contributed by atoms with Crippen molar-refractivity contribution in [3.05, 3.63) is 58.5 Å². The fourth-order valence-electron chi connectivity index (χ4n) is 1.89. The fraction of sp³-hybridized carbons (Fsp3) is 0.250. The fourth-order valence-corrected chi connectivity index (χ4v) is 1.89. The number of amides is 1. The minimum atomic E-state index is -0.448. The molecular formula is C16H18N2O3. The van der Waals surface area contributed by atoms with Gasteiger partial charge < -0.3 is 14.6 Å². The SMILES string of the molecule is CC(C)Oc1ccccc1NC(=O)c1cccn(C)c1=O. The lowest BCUT2D eigenvalue weighted by molar-refractivity contribution is 0.102. The lowest BCUT2D eigenvalue weighted by Gasteiger charge is -2.14. The molecule has 2 rings (SSSR count). The van der Waals surface area contributed by atoms with Gasteiger partial charge in [-0.2, -0.15) is 0 Å². The quantitative estimate of drug-likeness (QED) is 0.939. The number of carbonyl (C=O) groups is 1. The van der Waals surface area contributed by atoms with Crippen molar-refractivity contribution in [1.29, 1.82) is 0 Å². The molecule has 2 aromatic rings. The van der Waals surface area contributed by atoms with Gasteiger partial charge >= 0.3 is 0 Å². The molecule has 1 N–H and O–H groups in total. The van der Waals surface area contributed by atoms with E-state index in [9.17, 15) is 9.59 Å². The third kappa shape index (κ3) is 3.51. The number of anilines is 1. The second-order valence-corrected chi connectivity index (χ2v) is 4.95. The number of carbonyl (C=O) groups excluding carboxylic acids is 1. The molecule has 5 nitrogen and oxygen atoms in total. The van der Waals surface area contributed by atoms with Gasteiger partial charge in [-0.3, -0.25) is 9.59 Å². The molecule has 1 aromatic heterocycles. The number of nitrogens with zero attached hydrogens (tertiary/aromatic N) is 1. The molecule has 1 heterocycles. The number of hydrogen-bond donors (Lipinski definition) is 1. The third-order valence-corrected chi connectivity index (χ3v) is 2.87. The summed E-state index contributed by atoms with van der Waals surface area (Å²) in [4.78, 5) is 24.2. The average molecular weight is 286 g/mol. The van der Waals surface area contributed by atoms with Crippen LogP contribution in [0.5, 0.6) is 5.75 Å². The van der Waals surface area contributed by atoms with Gasteiger partial charge in [0.1, 0.15) is 11.3 Å². The van der Waals surface area contributed by atoms with Crippen LogP contribution < -0.4 is 15.6 Å². The van der Waals surface area contributed by atoms with Crippen LogP contribution in [0.2, 0.25) is 0 Å². The van der Waals surface area contributed by atoms with Crippen LogP contribution in [-0.2, 0) is 7.05 Å². The van der Waals surface area contributed by atoms with Crippen molar-refractivity contribution < 1.29 is 9.53 Å². The molecule has 21 heavy (non-hydrogen) atoms. The van der Waals surface area contributed by atoms with Crippen molar-refractivity contribution in [2.75, 3.05) is 5.32 Å². The second-order valence-electron chi connectivity index (χ2n) is 4.95. The molecule has 0 saturated heterocycles. The number of benzene rings is 1. The first kappa shape index (κ1) is 14.8. The number of ether oxygens (including phenoxy) is 1. The summed E-state index contributed by atoms with van der Waals surface area (Å²) in [6.45, 7) is 3.82. The van der Waals surface area contributed by atoms with Crippen LogP contribution in [0.15, 0.2) is 47.4 Å². The molecule has 0 fully saturated rings. The van der Waals surface area contributed by atoms with E-state index >= 15 is 0 Å². The molecule has 0 spiro atoms. The van der Waals surface area contributed by atoms with E-state index in [1.807, 2.05) is 19.9 Å². The number of nitrogens with one attached hydrogen (secondary N) is 1. The number of rotatable bonds is 4. The number of aromatic nitrogens is 1. The highest BCUT2D eigenvalue weighted by Gasteiger charge is 2.14. The van der Waals surface area contributed by atoms with Crippen molar-refractivity contribution in [1.82, 2.24) is 4.57 Å². The molecule has 1 amide bonds. The molecule has 0 atom stereocenters. The van der Waals surface area contributed by atoms with E-state index < -0.39 is 5.91 Å². The predicted molar refractivity (Wildman–Crippen MR) is 81.8 cm³/mol. The summed E-state index contributed by atoms with van der Waals surface area (Å²) in [5.41, 5.74) is 0.304. The zero-order valence-corrected chi connectivity index (χ0v) is 12.3. The molecule has 1 aromatic carbocycles. The number of para-hydroxylation sites is 2. The summed E-state index contributed by atoms with van der Waals surface area (Å²) in [6, 6.07) is 10.3. The number of hydrogen-bond acceptors (Lipinski definition) is 3. The van der Waals surface area contributed by atoms with Gasteiger partial charge in [-0.15, -0.1) is 0 Å². The Kier molecular flexibility index (Phi) is 4.42. The molecule has 110 valence electrons. The van der Waals surface area contributed by atoms with Gasteiger partial charge in [0.15, 0.2) is 0 Å². The monoisotopic (exact) mass is 286 g/mol. The summed E-state index contributed by atoms with van der Waals surface area (Å²) in [7, 11) is 1.61. The third-order valence-electron chi connectivity index (χ3n) is 2.87. The van der Waals surface area contributed by atoms with Crippen LogP contribution >= 0.6 is 0 Å². The normalized spacial score (nSPS) is 10.5. The van der Waals surface area contributed by atoms with Gasteiger partial charge in [0.05, 0.1) is 11.8 Å². The van der Waals surface area contributed by atoms with E-state index in [-0.39, 0.29) is 17.2 Å². The van der Waals surface area contributed by atoms with Crippen LogP contribution in [0, 0.1) is 0 Å². The van der Waals surface area contributed by atoms with E-state index in [1.54, 1.807) is 37.5 Å². The zero-order valence-electron chi connectivity index (χ0n) is 12.3. The van der Waals surface area contributed by atoms with Gasteiger partial charge in [-0.1, -0.05) is 12.1 Å². The molecule has 0 aliphatic heterocycles. The Morgan fingerprint density at radius 1 is 1.19 bits per heavy atom. The largest absolute Gasteiger partial charge is 0.489 e. The lowest BCUT2D eigenvalue weighted by atomic mass is 10.2. The lowest BCUT2D eigenvalue weighted by Crippen LogP contribution is -2.27. The first-order valence-corrected chi connectivity index (χ1v) is 6.71. The topological polar surface area (TPSA) is 60.3 Å². The molecule has 0 aliphatic rings. The zero-order chi connectivity index (χ0) is 15.4. The first-order chi connectivity index (χ1) is 9.99. The Morgan fingerprint density at radius 2 is 1.90 bits per heavy atom. The number of aryl methyl sites for hydroxylation is 1. The maximum Gasteiger partial charge on any atom is 0.263 e. The van der Waals surface area contributed by atoms with Crippen LogP contribution in [0.4, 0.5) is 5.69 Å². The van der Waals surface area contributed by atoms with Crippen molar-refractivity contribution in [2.45, 2.75) is 20.0 Å². The maximum absolute atomic E-state index is 12.2. The summed E-state index contributed by atoms with van der Waals surface area (Å²) in [6.07, 6.45) is 1.60. The van der Waals surface area contributed by atoms with Crippen LogP contribution in [0.1, 0.15) is 24.2 Å². The van der Waals surface area contributed by atoms with Gasteiger partial charge in [0.25, 0.3) is 11.5 Å². The van der Waals surface area contributed by atoms with E-state index in [0.717, 1.165) is 0 Å². The molecule has 0 radical (unpaired) electrons. The van der Waals surface area contributed by atoms with Crippen molar-refractivity contribution in [3.63, 3.8) is 0 Å². The molecular weight excluding hydrogens is 268 g/mol. The van der Waals surface area contributed by atoms with Crippen molar-refractivity contribution >= 4 is 11.6 Å². The highest BCUT2D eigenvalue weighted by Crippen LogP contribution is 2.25. The van der Waals surface area contributed by atoms with E-state index in [0.29, 0.717) is 11.4 Å².